The summed E-state index contributed by atoms with van der Waals surface area (Å²) in [4.78, 5) is 0. The Balaban J connectivity index is 2.02. The van der Waals surface area contributed by atoms with Crippen LogP contribution in [0.4, 0.5) is 0 Å². The van der Waals surface area contributed by atoms with E-state index in [9.17, 15) is 0 Å². The van der Waals surface area contributed by atoms with Crippen molar-refractivity contribution in [3.05, 3.63) is 30.3 Å². The molecule has 0 aromatic heterocycles. The van der Waals surface area contributed by atoms with Crippen LogP contribution in [0.15, 0.2) is 30.3 Å². The molecule has 151 valence electrons. The fourth-order valence-electron chi connectivity index (χ4n) is 6.45. The molecule has 0 N–H and O–H groups in total. The van der Waals surface area contributed by atoms with Crippen LogP contribution in [0, 0.1) is 35.5 Å². The van der Waals surface area contributed by atoms with Gasteiger partial charge in [0.2, 0.25) is 0 Å². The summed E-state index contributed by atoms with van der Waals surface area (Å²) >= 11 is -1.82. The fraction of sp³-hybridized carbons (Fsp3) is 0.769. The van der Waals surface area contributed by atoms with E-state index >= 15 is 0 Å². The summed E-state index contributed by atoms with van der Waals surface area (Å²) in [6.07, 6.45) is 8.99. The molecule has 1 aromatic carbocycles. The molecule has 0 heterocycles. The Morgan fingerprint density at radius 1 is 0.704 bits per heavy atom. The van der Waals surface area contributed by atoms with Crippen molar-refractivity contribution in [3.63, 3.8) is 0 Å². The van der Waals surface area contributed by atoms with Gasteiger partial charge in [0.1, 0.15) is 0 Å². The van der Waals surface area contributed by atoms with Crippen LogP contribution in [0.25, 0.3) is 0 Å². The maximum atomic E-state index is 2.54. The van der Waals surface area contributed by atoms with Gasteiger partial charge in [0, 0.05) is 0 Å². The van der Waals surface area contributed by atoms with Crippen LogP contribution < -0.4 is 3.58 Å². The van der Waals surface area contributed by atoms with E-state index in [4.69, 9.17) is 0 Å². The third-order valence-corrected chi connectivity index (χ3v) is 19.2. The summed E-state index contributed by atoms with van der Waals surface area (Å²) in [5.74, 6) is 5.59. The Hall–Kier alpha value is 0.0187. The van der Waals surface area contributed by atoms with Gasteiger partial charge in [-0.15, -0.1) is 0 Å². The van der Waals surface area contributed by atoms with E-state index in [1.807, 2.05) is 3.58 Å². The van der Waals surface area contributed by atoms with Crippen molar-refractivity contribution < 1.29 is 0 Å². The van der Waals surface area contributed by atoms with Crippen molar-refractivity contribution in [2.75, 3.05) is 0 Å². The minimum atomic E-state index is -1.82. The standard InChI is InChI=1S/2C10H19.C6H5.Sn/c2*1-8(2)10-6-4-9(3)5-7-10;1-2-4-6-5-3-1;/h2*6,8-10H,4-5,7H2,1-3H3;1-5H;/t9-,10+;9-,10-;;/m00../s1. The second-order valence-electron chi connectivity index (χ2n) is 10.7. The zero-order chi connectivity index (χ0) is 19.6. The summed E-state index contributed by atoms with van der Waals surface area (Å²) in [5.41, 5.74) is 0. The molecule has 2 unspecified atom stereocenters. The van der Waals surface area contributed by atoms with Crippen LogP contribution in [-0.4, -0.2) is 19.8 Å². The van der Waals surface area contributed by atoms with E-state index in [1.165, 1.54) is 38.5 Å². The molecule has 3 rings (SSSR count). The molecule has 0 aliphatic heterocycles. The first-order valence-corrected chi connectivity index (χ1v) is 16.5. The zero-order valence-electron chi connectivity index (χ0n) is 18.7. The van der Waals surface area contributed by atoms with Gasteiger partial charge in [-0.05, 0) is 0 Å². The summed E-state index contributed by atoms with van der Waals surface area (Å²) < 4.78 is 3.97. The first-order valence-electron chi connectivity index (χ1n) is 11.8. The molecule has 27 heavy (non-hydrogen) atoms. The average Bonchev–Trinajstić information content (AvgIpc) is 2.62. The van der Waals surface area contributed by atoms with Crippen LogP contribution in [0.5, 0.6) is 0 Å². The average molecular weight is 474 g/mol. The van der Waals surface area contributed by atoms with Gasteiger partial charge in [0.05, 0.1) is 0 Å². The van der Waals surface area contributed by atoms with Crippen LogP contribution in [0.3, 0.4) is 0 Å². The summed E-state index contributed by atoms with van der Waals surface area (Å²) in [5, 5.41) is 0. The van der Waals surface area contributed by atoms with Crippen LogP contribution in [0.2, 0.25) is 7.87 Å². The van der Waals surface area contributed by atoms with Gasteiger partial charge in [-0.25, -0.2) is 0 Å². The first kappa shape index (κ1) is 21.7. The Bertz CT molecular complexity index is 531. The van der Waals surface area contributed by atoms with Gasteiger partial charge in [0.25, 0.3) is 0 Å². The minimum absolute atomic E-state index is 0.861. The SMILES string of the molecule is CC(C)[C@H]1CC[C@@H](C)C[CH]1[Sn]([c]1ccccc1)[CH]1C[C@H](C)CC[C@H]1C(C)C. The van der Waals surface area contributed by atoms with E-state index in [1.54, 1.807) is 0 Å². The molecule has 0 saturated heterocycles. The summed E-state index contributed by atoms with van der Waals surface area (Å²) in [6.45, 7) is 15.1. The summed E-state index contributed by atoms with van der Waals surface area (Å²) in [7, 11) is 0. The molecule has 1 heteroatoms. The molecule has 0 amide bonds. The number of hydrogen-bond acceptors (Lipinski definition) is 0. The summed E-state index contributed by atoms with van der Waals surface area (Å²) in [6, 6.07) is 12.0. The number of benzene rings is 1. The molecule has 6 atom stereocenters. The Morgan fingerprint density at radius 2 is 1.15 bits per heavy atom. The molecular formula is C26H43Sn. The fourth-order valence-corrected chi connectivity index (χ4v) is 21.6. The Labute approximate surface area is 176 Å². The van der Waals surface area contributed by atoms with Crippen molar-refractivity contribution in [2.45, 2.75) is 87.9 Å². The van der Waals surface area contributed by atoms with E-state index < -0.39 is 19.8 Å². The van der Waals surface area contributed by atoms with Crippen molar-refractivity contribution >= 4 is 23.3 Å². The van der Waals surface area contributed by atoms with Gasteiger partial charge in [-0.2, -0.15) is 0 Å². The third kappa shape index (κ3) is 5.14. The van der Waals surface area contributed by atoms with E-state index in [0.717, 1.165) is 43.4 Å². The second kappa shape index (κ2) is 9.68. The molecule has 0 spiro atoms. The Kier molecular flexibility index (Phi) is 7.79. The van der Waals surface area contributed by atoms with E-state index in [0.29, 0.717) is 0 Å². The molecule has 1 radical (unpaired) electrons. The molecule has 2 aliphatic carbocycles. The van der Waals surface area contributed by atoms with Gasteiger partial charge < -0.3 is 0 Å². The predicted octanol–water partition coefficient (Wildman–Crippen LogP) is 7.31. The second-order valence-corrected chi connectivity index (χ2v) is 19.2. The molecule has 0 nitrogen and oxygen atoms in total. The van der Waals surface area contributed by atoms with Crippen molar-refractivity contribution in [1.82, 2.24) is 0 Å². The quantitative estimate of drug-likeness (QED) is 0.393. The molecule has 2 fully saturated rings. The maximum absolute atomic E-state index is 2.54. The first-order chi connectivity index (χ1) is 12.9. The number of rotatable bonds is 5. The van der Waals surface area contributed by atoms with Gasteiger partial charge in [-0.1, -0.05) is 0 Å². The van der Waals surface area contributed by atoms with Gasteiger partial charge >= 0.3 is 177 Å². The van der Waals surface area contributed by atoms with Crippen molar-refractivity contribution in [2.24, 2.45) is 35.5 Å². The van der Waals surface area contributed by atoms with Crippen molar-refractivity contribution in [1.29, 1.82) is 0 Å². The van der Waals surface area contributed by atoms with Crippen LogP contribution in [-0.2, 0) is 0 Å². The zero-order valence-corrected chi connectivity index (χ0v) is 21.6. The predicted molar refractivity (Wildman–Crippen MR) is 122 cm³/mol. The van der Waals surface area contributed by atoms with Crippen LogP contribution in [0.1, 0.15) is 80.1 Å². The van der Waals surface area contributed by atoms with E-state index in [2.05, 4.69) is 71.9 Å². The van der Waals surface area contributed by atoms with E-state index in [-0.39, 0.29) is 0 Å². The topological polar surface area (TPSA) is 0 Å². The molecule has 2 aliphatic rings. The molecular weight excluding hydrogens is 431 g/mol. The number of hydrogen-bond donors (Lipinski definition) is 0. The van der Waals surface area contributed by atoms with Gasteiger partial charge in [-0.3, -0.25) is 0 Å². The monoisotopic (exact) mass is 475 g/mol. The molecule has 0 bridgehead atoms. The van der Waals surface area contributed by atoms with Crippen LogP contribution >= 0.6 is 0 Å². The van der Waals surface area contributed by atoms with Crippen molar-refractivity contribution in [3.8, 4) is 0 Å². The third-order valence-electron chi connectivity index (χ3n) is 7.95. The Morgan fingerprint density at radius 3 is 1.56 bits per heavy atom. The molecule has 1 aromatic rings. The van der Waals surface area contributed by atoms with Gasteiger partial charge in [0.15, 0.2) is 0 Å². The molecule has 2 saturated carbocycles. The normalized spacial score (nSPS) is 35.1.